The molecule has 1 fully saturated rings. The number of rotatable bonds is 2. The molecule has 1 aliphatic rings. The summed E-state index contributed by atoms with van der Waals surface area (Å²) in [5.41, 5.74) is 0.0512. The van der Waals surface area contributed by atoms with Crippen LogP contribution in [0, 0.1) is 5.41 Å². The molecule has 1 heterocycles. The summed E-state index contributed by atoms with van der Waals surface area (Å²) < 4.78 is 0. The Balaban J connectivity index is 2.30. The van der Waals surface area contributed by atoms with Gasteiger partial charge >= 0.3 is 0 Å². The van der Waals surface area contributed by atoms with Crippen LogP contribution in [-0.4, -0.2) is 30.8 Å². The zero-order valence-corrected chi connectivity index (χ0v) is 8.56. The van der Waals surface area contributed by atoms with Crippen molar-refractivity contribution >= 4 is 0 Å². The number of hydrogen-bond donors (Lipinski definition) is 2. The van der Waals surface area contributed by atoms with Gasteiger partial charge in [0.1, 0.15) is 12.6 Å². The Morgan fingerprint density at radius 2 is 1.75 bits per heavy atom. The molecule has 0 amide bonds. The third kappa shape index (κ3) is 2.76. The van der Waals surface area contributed by atoms with E-state index in [9.17, 15) is 5.11 Å². The molecular weight excluding hydrogens is 150 g/mol. The van der Waals surface area contributed by atoms with Gasteiger partial charge in [0.2, 0.25) is 0 Å². The lowest BCUT2D eigenvalue weighted by Gasteiger charge is -2.27. The van der Waals surface area contributed by atoms with Crippen LogP contribution in [0.4, 0.5) is 0 Å². The highest BCUT2D eigenvalue weighted by molar-refractivity contribution is 4.71. The van der Waals surface area contributed by atoms with Gasteiger partial charge in [0, 0.05) is 12.8 Å². The molecule has 12 heavy (non-hydrogen) atoms. The fourth-order valence-corrected chi connectivity index (χ4v) is 1.66. The minimum atomic E-state index is -0.148. The quantitative estimate of drug-likeness (QED) is 0.605. The molecule has 2 nitrogen and oxygen atoms in total. The molecular formula is C10H22NO+. The number of likely N-dealkylation sites (tertiary alicyclic amines) is 1. The van der Waals surface area contributed by atoms with Crippen LogP contribution in [0.5, 0.6) is 0 Å². The lowest BCUT2D eigenvalue weighted by molar-refractivity contribution is -0.891. The van der Waals surface area contributed by atoms with E-state index >= 15 is 0 Å². The first-order valence-corrected chi connectivity index (χ1v) is 5.02. The normalized spacial score (nSPS) is 23.0. The largest absolute Gasteiger partial charge is 0.387 e. The van der Waals surface area contributed by atoms with Gasteiger partial charge in [0.05, 0.1) is 13.1 Å². The average Bonchev–Trinajstić information content (AvgIpc) is 2.37. The highest BCUT2D eigenvalue weighted by Gasteiger charge is 2.27. The summed E-state index contributed by atoms with van der Waals surface area (Å²) in [6.07, 6.45) is 2.53. The van der Waals surface area contributed by atoms with Crippen molar-refractivity contribution in [3.05, 3.63) is 0 Å². The third-order valence-corrected chi connectivity index (χ3v) is 2.79. The van der Waals surface area contributed by atoms with Crippen LogP contribution in [0.2, 0.25) is 0 Å². The minimum Gasteiger partial charge on any atom is -0.387 e. The van der Waals surface area contributed by atoms with E-state index in [0.717, 1.165) is 6.54 Å². The maximum atomic E-state index is 9.83. The van der Waals surface area contributed by atoms with Crippen LogP contribution in [0.15, 0.2) is 0 Å². The average molecular weight is 172 g/mol. The Kier molecular flexibility index (Phi) is 3.13. The monoisotopic (exact) mass is 172 g/mol. The second-order valence-electron chi connectivity index (χ2n) is 5.04. The zero-order chi connectivity index (χ0) is 9.19. The standard InChI is InChI=1S/C10H21NO/c1-10(2,3)9(12)8-11-6-4-5-7-11/h9,12H,4-8H2,1-3H3/p+1. The molecule has 1 unspecified atom stereocenters. The highest BCUT2D eigenvalue weighted by atomic mass is 16.3. The van der Waals surface area contributed by atoms with Crippen molar-refractivity contribution in [1.29, 1.82) is 0 Å². The lowest BCUT2D eigenvalue weighted by Crippen LogP contribution is -3.11. The number of hydrogen-bond acceptors (Lipinski definition) is 1. The fourth-order valence-electron chi connectivity index (χ4n) is 1.66. The van der Waals surface area contributed by atoms with Crippen LogP contribution in [0.3, 0.4) is 0 Å². The van der Waals surface area contributed by atoms with E-state index in [2.05, 4.69) is 20.8 Å². The summed E-state index contributed by atoms with van der Waals surface area (Å²) in [4.78, 5) is 1.58. The van der Waals surface area contributed by atoms with Gasteiger partial charge < -0.3 is 10.0 Å². The van der Waals surface area contributed by atoms with Crippen LogP contribution in [0.25, 0.3) is 0 Å². The summed E-state index contributed by atoms with van der Waals surface area (Å²) in [5.74, 6) is 0. The van der Waals surface area contributed by atoms with Gasteiger partial charge in [-0.1, -0.05) is 20.8 Å². The predicted molar refractivity (Wildman–Crippen MR) is 50.3 cm³/mol. The first-order chi connectivity index (χ1) is 5.50. The van der Waals surface area contributed by atoms with Crippen molar-refractivity contribution in [2.75, 3.05) is 19.6 Å². The Morgan fingerprint density at radius 1 is 1.25 bits per heavy atom. The molecule has 2 N–H and O–H groups in total. The Labute approximate surface area is 75.6 Å². The molecule has 0 aliphatic carbocycles. The van der Waals surface area contributed by atoms with E-state index in [1.807, 2.05) is 0 Å². The summed E-state index contributed by atoms with van der Waals surface area (Å²) in [6, 6.07) is 0. The fraction of sp³-hybridized carbons (Fsp3) is 1.00. The van der Waals surface area contributed by atoms with Crippen molar-refractivity contribution < 1.29 is 10.0 Å². The minimum absolute atomic E-state index is 0.0512. The Hall–Kier alpha value is -0.0800. The van der Waals surface area contributed by atoms with Gasteiger partial charge in [-0.05, 0) is 5.41 Å². The van der Waals surface area contributed by atoms with Crippen LogP contribution >= 0.6 is 0 Å². The smallest absolute Gasteiger partial charge is 0.108 e. The van der Waals surface area contributed by atoms with E-state index in [1.54, 1.807) is 4.90 Å². The van der Waals surface area contributed by atoms with Crippen molar-refractivity contribution in [2.45, 2.75) is 39.7 Å². The van der Waals surface area contributed by atoms with E-state index in [1.165, 1.54) is 25.9 Å². The van der Waals surface area contributed by atoms with Crippen molar-refractivity contribution in [3.63, 3.8) is 0 Å². The molecule has 2 heteroatoms. The second kappa shape index (κ2) is 3.75. The van der Waals surface area contributed by atoms with Crippen LogP contribution < -0.4 is 4.90 Å². The molecule has 0 bridgehead atoms. The van der Waals surface area contributed by atoms with Gasteiger partial charge in [-0.2, -0.15) is 0 Å². The number of nitrogens with one attached hydrogen (secondary N) is 1. The third-order valence-electron chi connectivity index (χ3n) is 2.79. The van der Waals surface area contributed by atoms with Crippen molar-refractivity contribution in [2.24, 2.45) is 5.41 Å². The first-order valence-electron chi connectivity index (χ1n) is 5.02. The maximum absolute atomic E-state index is 9.83. The topological polar surface area (TPSA) is 24.7 Å². The lowest BCUT2D eigenvalue weighted by atomic mass is 9.89. The number of quaternary nitrogens is 1. The summed E-state index contributed by atoms with van der Waals surface area (Å²) in [7, 11) is 0. The maximum Gasteiger partial charge on any atom is 0.108 e. The van der Waals surface area contributed by atoms with Gasteiger partial charge in [0.15, 0.2) is 0 Å². The highest BCUT2D eigenvalue weighted by Crippen LogP contribution is 2.17. The summed E-state index contributed by atoms with van der Waals surface area (Å²) >= 11 is 0. The van der Waals surface area contributed by atoms with Crippen LogP contribution in [-0.2, 0) is 0 Å². The summed E-state index contributed by atoms with van der Waals surface area (Å²) in [5, 5.41) is 9.83. The molecule has 0 aromatic carbocycles. The second-order valence-corrected chi connectivity index (χ2v) is 5.04. The summed E-state index contributed by atoms with van der Waals surface area (Å²) in [6.45, 7) is 9.76. The SMILES string of the molecule is CC(C)(C)C(O)C[NH+]1CCCC1. The molecule has 0 aromatic heterocycles. The van der Waals surface area contributed by atoms with Gasteiger partial charge in [-0.25, -0.2) is 0 Å². The van der Waals surface area contributed by atoms with Crippen LogP contribution in [0.1, 0.15) is 33.6 Å². The van der Waals surface area contributed by atoms with E-state index in [-0.39, 0.29) is 11.5 Å². The molecule has 0 radical (unpaired) electrons. The number of aliphatic hydroxyl groups excluding tert-OH is 1. The van der Waals surface area contributed by atoms with E-state index < -0.39 is 0 Å². The van der Waals surface area contributed by atoms with E-state index in [4.69, 9.17) is 0 Å². The van der Waals surface area contributed by atoms with Crippen molar-refractivity contribution in [3.8, 4) is 0 Å². The number of aliphatic hydroxyl groups is 1. The van der Waals surface area contributed by atoms with Crippen molar-refractivity contribution in [1.82, 2.24) is 0 Å². The molecule has 0 aromatic rings. The van der Waals surface area contributed by atoms with Gasteiger partial charge in [-0.3, -0.25) is 0 Å². The first kappa shape index (κ1) is 10.0. The molecule has 1 rings (SSSR count). The molecule has 0 spiro atoms. The molecule has 0 saturated carbocycles. The predicted octanol–water partition coefficient (Wildman–Crippen LogP) is 0.0721. The molecule has 1 aliphatic heterocycles. The Morgan fingerprint density at radius 3 is 2.17 bits per heavy atom. The zero-order valence-electron chi connectivity index (χ0n) is 8.56. The van der Waals surface area contributed by atoms with Gasteiger partial charge in [-0.15, -0.1) is 0 Å². The molecule has 1 saturated heterocycles. The van der Waals surface area contributed by atoms with E-state index in [0.29, 0.717) is 0 Å². The Bertz CT molecular complexity index is 133. The molecule has 1 atom stereocenters. The van der Waals surface area contributed by atoms with Gasteiger partial charge in [0.25, 0.3) is 0 Å². The molecule has 72 valence electrons.